The number of benzene rings is 1. The summed E-state index contributed by atoms with van der Waals surface area (Å²) in [6, 6.07) is 0.872. The number of aromatic hydroxyl groups is 1. The van der Waals surface area contributed by atoms with Gasteiger partial charge in [-0.2, -0.15) is 4.39 Å². The van der Waals surface area contributed by atoms with E-state index < -0.39 is 22.9 Å². The van der Waals surface area contributed by atoms with Crippen molar-refractivity contribution in [2.75, 3.05) is 7.11 Å². The molecule has 0 aliphatic rings. The highest BCUT2D eigenvalue weighted by Crippen LogP contribution is 2.30. The van der Waals surface area contributed by atoms with Gasteiger partial charge in [0.1, 0.15) is 0 Å². The first-order valence-corrected chi connectivity index (χ1v) is 3.32. The second kappa shape index (κ2) is 3.38. The molecule has 0 bridgehead atoms. The third-order valence-corrected chi connectivity index (χ3v) is 1.52. The lowest BCUT2D eigenvalue weighted by atomic mass is 10.2. The van der Waals surface area contributed by atoms with Gasteiger partial charge in [-0.1, -0.05) is 0 Å². The zero-order valence-corrected chi connectivity index (χ0v) is 6.67. The fraction of sp³-hybridized carbons (Fsp3) is 0.125. The molecule has 0 spiro atoms. The fourth-order valence-corrected chi connectivity index (χ4v) is 0.852. The number of rotatable bonds is 2. The summed E-state index contributed by atoms with van der Waals surface area (Å²) >= 11 is 0. The number of ether oxygens (including phenoxy) is 1. The van der Waals surface area contributed by atoms with Crippen molar-refractivity contribution in [2.45, 2.75) is 0 Å². The molecular weight excluding hydrogens is 182 g/mol. The minimum atomic E-state index is -1.28. The van der Waals surface area contributed by atoms with E-state index in [1.165, 1.54) is 0 Å². The van der Waals surface area contributed by atoms with Gasteiger partial charge in [0.15, 0.2) is 23.6 Å². The van der Waals surface area contributed by atoms with E-state index in [1.807, 2.05) is 0 Å². The molecule has 1 N–H and O–H groups in total. The molecule has 0 amide bonds. The molecule has 0 heterocycles. The summed E-state index contributed by atoms with van der Waals surface area (Å²) in [6.07, 6.45) is 0.164. The molecule has 0 fully saturated rings. The third-order valence-electron chi connectivity index (χ3n) is 1.52. The number of methoxy groups -OCH3 is 1. The Morgan fingerprint density at radius 3 is 2.54 bits per heavy atom. The standard InChI is InChI=1S/C8H6F2O3/c1-13-5-2-4(3-11)6(9)8(12)7(5)10/h2-3,12H,1H3. The number of halogens is 2. The number of phenols is 1. The van der Waals surface area contributed by atoms with Gasteiger partial charge in [0.2, 0.25) is 5.82 Å². The van der Waals surface area contributed by atoms with Crippen LogP contribution in [-0.2, 0) is 0 Å². The summed E-state index contributed by atoms with van der Waals surface area (Å²) in [4.78, 5) is 10.2. The SMILES string of the molecule is COc1cc(C=O)c(F)c(O)c1F. The van der Waals surface area contributed by atoms with Gasteiger partial charge in [-0.15, -0.1) is 0 Å². The fourth-order valence-electron chi connectivity index (χ4n) is 0.852. The quantitative estimate of drug-likeness (QED) is 0.715. The Morgan fingerprint density at radius 2 is 2.08 bits per heavy atom. The van der Waals surface area contributed by atoms with Gasteiger partial charge in [-0.25, -0.2) is 4.39 Å². The molecule has 0 radical (unpaired) electrons. The molecule has 0 aliphatic carbocycles. The Balaban J connectivity index is 3.45. The molecule has 0 aliphatic heterocycles. The van der Waals surface area contributed by atoms with Gasteiger partial charge in [0.25, 0.3) is 0 Å². The van der Waals surface area contributed by atoms with Crippen molar-refractivity contribution < 1.29 is 23.4 Å². The van der Waals surface area contributed by atoms with Crippen LogP contribution in [0.4, 0.5) is 8.78 Å². The van der Waals surface area contributed by atoms with Crippen LogP contribution in [0.3, 0.4) is 0 Å². The van der Waals surface area contributed by atoms with Crippen LogP contribution in [0.25, 0.3) is 0 Å². The lowest BCUT2D eigenvalue weighted by Crippen LogP contribution is -1.96. The molecule has 0 atom stereocenters. The Morgan fingerprint density at radius 1 is 1.46 bits per heavy atom. The van der Waals surface area contributed by atoms with Crippen LogP contribution in [0.2, 0.25) is 0 Å². The maximum atomic E-state index is 12.8. The number of hydrogen-bond acceptors (Lipinski definition) is 3. The van der Waals surface area contributed by atoms with E-state index in [-0.39, 0.29) is 12.0 Å². The minimum Gasteiger partial charge on any atom is -0.503 e. The van der Waals surface area contributed by atoms with Gasteiger partial charge in [0, 0.05) is 0 Å². The van der Waals surface area contributed by atoms with Crippen molar-refractivity contribution in [3.8, 4) is 11.5 Å². The first-order valence-electron chi connectivity index (χ1n) is 3.32. The molecule has 1 rings (SSSR count). The van der Waals surface area contributed by atoms with E-state index in [2.05, 4.69) is 4.74 Å². The van der Waals surface area contributed by atoms with Crippen LogP contribution in [0.1, 0.15) is 10.4 Å². The van der Waals surface area contributed by atoms with Crippen molar-refractivity contribution in [1.29, 1.82) is 0 Å². The van der Waals surface area contributed by atoms with E-state index in [0.29, 0.717) is 0 Å². The molecule has 0 aromatic heterocycles. The number of carbonyl (C=O) groups is 1. The Bertz CT molecular complexity index is 350. The van der Waals surface area contributed by atoms with E-state index in [0.717, 1.165) is 13.2 Å². The third kappa shape index (κ3) is 1.44. The van der Waals surface area contributed by atoms with Crippen LogP contribution in [-0.4, -0.2) is 18.5 Å². The van der Waals surface area contributed by atoms with Crippen LogP contribution < -0.4 is 4.74 Å². The summed E-state index contributed by atoms with van der Waals surface area (Å²) < 4.78 is 30.1. The van der Waals surface area contributed by atoms with Crippen LogP contribution in [0.5, 0.6) is 11.5 Å². The first kappa shape index (κ1) is 9.44. The van der Waals surface area contributed by atoms with Crippen molar-refractivity contribution in [1.82, 2.24) is 0 Å². The predicted octanol–water partition coefficient (Wildman–Crippen LogP) is 1.49. The van der Waals surface area contributed by atoms with Gasteiger partial charge in [0.05, 0.1) is 12.7 Å². The van der Waals surface area contributed by atoms with Crippen molar-refractivity contribution in [2.24, 2.45) is 0 Å². The largest absolute Gasteiger partial charge is 0.503 e. The van der Waals surface area contributed by atoms with Crippen molar-refractivity contribution >= 4 is 6.29 Å². The van der Waals surface area contributed by atoms with Crippen LogP contribution in [0, 0.1) is 11.6 Å². The lowest BCUT2D eigenvalue weighted by Gasteiger charge is -2.05. The molecule has 70 valence electrons. The summed E-state index contributed by atoms with van der Waals surface area (Å²) in [7, 11) is 1.14. The van der Waals surface area contributed by atoms with E-state index >= 15 is 0 Å². The zero-order chi connectivity index (χ0) is 10.0. The maximum Gasteiger partial charge on any atom is 0.209 e. The molecule has 3 nitrogen and oxygen atoms in total. The zero-order valence-electron chi connectivity index (χ0n) is 6.67. The normalized spacial score (nSPS) is 9.77. The molecule has 13 heavy (non-hydrogen) atoms. The van der Waals surface area contributed by atoms with E-state index in [1.54, 1.807) is 0 Å². The van der Waals surface area contributed by atoms with Crippen LogP contribution >= 0.6 is 0 Å². The monoisotopic (exact) mass is 188 g/mol. The molecule has 0 unspecified atom stereocenters. The number of carbonyl (C=O) groups excluding carboxylic acids is 1. The molecule has 1 aromatic rings. The molecule has 5 heteroatoms. The van der Waals surface area contributed by atoms with E-state index in [9.17, 15) is 13.6 Å². The second-order valence-electron chi connectivity index (χ2n) is 2.26. The predicted molar refractivity (Wildman–Crippen MR) is 40.0 cm³/mol. The van der Waals surface area contributed by atoms with Gasteiger partial charge in [-0.05, 0) is 6.07 Å². The highest BCUT2D eigenvalue weighted by atomic mass is 19.1. The Labute approximate surface area is 72.6 Å². The Hall–Kier alpha value is -1.65. The maximum absolute atomic E-state index is 12.8. The van der Waals surface area contributed by atoms with Crippen molar-refractivity contribution in [3.05, 3.63) is 23.3 Å². The average molecular weight is 188 g/mol. The highest BCUT2D eigenvalue weighted by molar-refractivity contribution is 5.77. The van der Waals surface area contributed by atoms with Crippen molar-refractivity contribution in [3.63, 3.8) is 0 Å². The summed E-state index contributed by atoms with van der Waals surface area (Å²) in [5, 5.41) is 8.84. The van der Waals surface area contributed by atoms with Crippen LogP contribution in [0.15, 0.2) is 6.07 Å². The summed E-state index contributed by atoms with van der Waals surface area (Å²) in [5.74, 6) is -4.08. The average Bonchev–Trinajstić information content (AvgIpc) is 2.15. The van der Waals surface area contributed by atoms with E-state index in [4.69, 9.17) is 5.11 Å². The lowest BCUT2D eigenvalue weighted by molar-refractivity contribution is 0.111. The number of phenolic OH excluding ortho intramolecular Hbond substituents is 1. The smallest absolute Gasteiger partial charge is 0.209 e. The minimum absolute atomic E-state index is 0.164. The van der Waals surface area contributed by atoms with Gasteiger partial charge >= 0.3 is 0 Å². The Kier molecular flexibility index (Phi) is 2.46. The second-order valence-corrected chi connectivity index (χ2v) is 2.26. The number of aldehydes is 1. The van der Waals surface area contributed by atoms with Gasteiger partial charge < -0.3 is 9.84 Å². The molecule has 1 aromatic carbocycles. The highest BCUT2D eigenvalue weighted by Gasteiger charge is 2.17. The molecular formula is C8H6F2O3. The molecule has 0 saturated carbocycles. The first-order chi connectivity index (χ1) is 6.11. The topological polar surface area (TPSA) is 46.5 Å². The molecule has 0 saturated heterocycles. The van der Waals surface area contributed by atoms with Gasteiger partial charge in [-0.3, -0.25) is 4.79 Å². The summed E-state index contributed by atoms with van der Waals surface area (Å²) in [5.41, 5.74) is -0.448. The number of hydrogen-bond donors (Lipinski definition) is 1. The summed E-state index contributed by atoms with van der Waals surface area (Å²) in [6.45, 7) is 0.